The molecule has 3 N–H and O–H groups in total. The van der Waals surface area contributed by atoms with Gasteiger partial charge in [0.05, 0.1) is 38.5 Å². The van der Waals surface area contributed by atoms with Gasteiger partial charge in [-0.1, -0.05) is 84.9 Å². The Labute approximate surface area is 340 Å². The summed E-state index contributed by atoms with van der Waals surface area (Å²) in [5.41, 5.74) is 3.94. The number of pyridine rings is 2. The third kappa shape index (κ3) is 15.7. The predicted molar refractivity (Wildman–Crippen MR) is 222 cm³/mol. The Balaban J connectivity index is 0.000000221. The van der Waals surface area contributed by atoms with Gasteiger partial charge in [-0.05, 0) is 96.5 Å². The number of nitrogens with zero attached hydrogens (tertiary/aromatic N) is 2. The average Bonchev–Trinajstić information content (AvgIpc) is 3.25. The van der Waals surface area contributed by atoms with Gasteiger partial charge in [0.2, 0.25) is 0 Å². The van der Waals surface area contributed by atoms with Crippen molar-refractivity contribution in [3.8, 4) is 11.5 Å². The monoisotopic (exact) mass is 780 g/mol. The Kier molecular flexibility index (Phi) is 17.4. The normalized spacial score (nSPS) is 11.0. The second-order valence-electron chi connectivity index (χ2n) is 13.5. The number of anilines is 3. The second kappa shape index (κ2) is 23.9. The van der Waals surface area contributed by atoms with E-state index in [1.807, 2.05) is 152 Å². The molecule has 0 saturated heterocycles. The van der Waals surface area contributed by atoms with Gasteiger partial charge in [0, 0.05) is 43.4 Å². The topological polar surface area (TPSA) is 153 Å². The van der Waals surface area contributed by atoms with Crippen molar-refractivity contribution in [2.24, 2.45) is 0 Å². The van der Waals surface area contributed by atoms with Gasteiger partial charge in [0.25, 0.3) is 5.82 Å². The summed E-state index contributed by atoms with van der Waals surface area (Å²) in [6.45, 7) is 3.14. The van der Waals surface area contributed by atoms with Crippen LogP contribution in [0, 0.1) is 0 Å². The number of H-pyrrole nitrogens is 1. The summed E-state index contributed by atoms with van der Waals surface area (Å²) in [4.78, 5) is 31.4. The van der Waals surface area contributed by atoms with Crippen LogP contribution in [0.1, 0.15) is 41.9 Å². The molecular weight excluding hydrogens is 731 g/mol. The molecule has 58 heavy (non-hydrogen) atoms. The Bertz CT molecular complexity index is 1890. The fourth-order valence-electron chi connectivity index (χ4n) is 6.12. The first-order chi connectivity index (χ1) is 28.4. The van der Waals surface area contributed by atoms with Gasteiger partial charge in [0.15, 0.2) is 0 Å². The Morgan fingerprint density at radius 1 is 0.655 bits per heavy atom. The van der Waals surface area contributed by atoms with E-state index >= 15 is 0 Å². The van der Waals surface area contributed by atoms with Crippen LogP contribution in [0.25, 0.3) is 0 Å². The summed E-state index contributed by atoms with van der Waals surface area (Å²) in [7, 11) is 0. The Morgan fingerprint density at radius 3 is 1.84 bits per heavy atom. The number of carbonyl (C=O) groups is 2. The Hall–Kier alpha value is -6.88. The van der Waals surface area contributed by atoms with Crippen molar-refractivity contribution in [2.75, 3.05) is 48.4 Å². The van der Waals surface area contributed by atoms with E-state index in [1.165, 1.54) is 0 Å². The molecule has 0 fully saturated rings. The zero-order valence-corrected chi connectivity index (χ0v) is 32.5. The van der Waals surface area contributed by atoms with Gasteiger partial charge < -0.3 is 39.5 Å². The molecule has 6 aromatic rings. The number of aliphatic carboxylic acids is 2. The number of carbonyl (C=O) groups excluding carboxylic acids is 2. The van der Waals surface area contributed by atoms with Crippen LogP contribution in [0.4, 0.5) is 17.3 Å². The molecule has 300 valence electrons. The molecule has 0 aliphatic heterocycles. The lowest BCUT2D eigenvalue weighted by molar-refractivity contribution is -0.361. The van der Waals surface area contributed by atoms with E-state index in [9.17, 15) is 19.8 Å². The highest BCUT2D eigenvalue weighted by Crippen LogP contribution is 2.25. The molecule has 4 aromatic carbocycles. The van der Waals surface area contributed by atoms with Gasteiger partial charge in [-0.2, -0.15) is 0 Å². The van der Waals surface area contributed by atoms with E-state index in [0.29, 0.717) is 26.2 Å². The van der Waals surface area contributed by atoms with E-state index < -0.39 is 11.9 Å². The molecule has 0 aliphatic carbocycles. The van der Waals surface area contributed by atoms with Crippen LogP contribution in [-0.2, 0) is 22.6 Å². The van der Waals surface area contributed by atoms with E-state index in [1.54, 1.807) is 11.1 Å². The highest BCUT2D eigenvalue weighted by molar-refractivity contribution is 5.71. The smallest absolute Gasteiger partial charge is 0.272 e. The minimum absolute atomic E-state index is 0.00804. The molecule has 2 heterocycles. The molecule has 0 spiro atoms. The molecular formula is C47H50N5O6-. The zero-order valence-electron chi connectivity index (χ0n) is 32.5. The van der Waals surface area contributed by atoms with Crippen LogP contribution in [-0.4, -0.2) is 49.8 Å². The van der Waals surface area contributed by atoms with Crippen molar-refractivity contribution in [1.29, 1.82) is 0 Å². The second-order valence-corrected chi connectivity index (χ2v) is 13.5. The van der Waals surface area contributed by atoms with Gasteiger partial charge in [0.1, 0.15) is 17.3 Å². The maximum atomic E-state index is 11.2. The van der Waals surface area contributed by atoms with E-state index in [-0.39, 0.29) is 18.9 Å². The number of aromatic nitrogens is 2. The number of carboxylic acid groups (broad SMARTS) is 2. The number of nitrogens with one attached hydrogen (secondary N) is 3. The Morgan fingerprint density at radius 2 is 1.26 bits per heavy atom. The van der Waals surface area contributed by atoms with Crippen molar-refractivity contribution in [2.45, 2.75) is 38.1 Å². The molecule has 0 bridgehead atoms. The molecule has 0 aliphatic rings. The first-order valence-corrected chi connectivity index (χ1v) is 19.4. The van der Waals surface area contributed by atoms with Crippen LogP contribution in [0.3, 0.4) is 0 Å². The number of benzene rings is 4. The van der Waals surface area contributed by atoms with E-state index in [2.05, 4.69) is 20.6 Å². The quantitative estimate of drug-likeness (QED) is 0.0837. The molecule has 1 unspecified atom stereocenters. The van der Waals surface area contributed by atoms with Crippen LogP contribution in [0.15, 0.2) is 158 Å². The van der Waals surface area contributed by atoms with Crippen molar-refractivity contribution in [3.05, 3.63) is 175 Å². The maximum absolute atomic E-state index is 11.2. The predicted octanol–water partition coefficient (Wildman–Crippen LogP) is 5.57. The number of rotatable bonds is 22. The fraction of sp³-hybridized carbons (Fsp3) is 0.234. The van der Waals surface area contributed by atoms with Crippen molar-refractivity contribution >= 4 is 29.3 Å². The number of hydrogen-bond donors (Lipinski definition) is 2. The highest BCUT2D eigenvalue weighted by Gasteiger charge is 2.13. The molecule has 11 nitrogen and oxygen atoms in total. The highest BCUT2D eigenvalue weighted by atomic mass is 16.5. The molecule has 1 atom stereocenters. The van der Waals surface area contributed by atoms with Gasteiger partial charge >= 0.3 is 0 Å². The molecule has 11 heteroatoms. The molecule has 2 aromatic heterocycles. The molecule has 6 rings (SSSR count). The molecule has 0 amide bonds. The SMILES string of the molecule is O=C([O-])CC(Cc1ccc(OCCCNc2cccc[nH+]2)cc1)c1ccccc1.O=C([O-])CN(Cc1ccc(OCCCNc2ccccn2)cc1)c1ccccc1. The maximum Gasteiger partial charge on any atom is 0.272 e. The summed E-state index contributed by atoms with van der Waals surface area (Å²) in [6.07, 6.45) is 6.03. The molecule has 0 saturated carbocycles. The van der Waals surface area contributed by atoms with Gasteiger partial charge in [-0.25, -0.2) is 9.97 Å². The third-order valence-electron chi connectivity index (χ3n) is 9.00. The third-order valence-corrected chi connectivity index (χ3v) is 9.00. The van der Waals surface area contributed by atoms with Crippen LogP contribution in [0.2, 0.25) is 0 Å². The first kappa shape index (κ1) is 42.3. The minimum atomic E-state index is -1.10. The summed E-state index contributed by atoms with van der Waals surface area (Å²) >= 11 is 0. The van der Waals surface area contributed by atoms with Gasteiger partial charge in [-0.15, -0.1) is 0 Å². The number of hydrogen-bond acceptors (Lipinski definition) is 10. The molecule has 0 radical (unpaired) electrons. The van der Waals surface area contributed by atoms with E-state index in [0.717, 1.165) is 71.4 Å². The van der Waals surface area contributed by atoms with Crippen LogP contribution < -0.4 is 40.2 Å². The minimum Gasteiger partial charge on any atom is -0.550 e. The van der Waals surface area contributed by atoms with Crippen LogP contribution in [0.5, 0.6) is 11.5 Å². The average molecular weight is 781 g/mol. The lowest BCUT2D eigenvalue weighted by Gasteiger charge is -2.25. The van der Waals surface area contributed by atoms with Crippen LogP contribution >= 0.6 is 0 Å². The first-order valence-electron chi connectivity index (χ1n) is 19.4. The van der Waals surface area contributed by atoms with E-state index in [4.69, 9.17) is 9.47 Å². The largest absolute Gasteiger partial charge is 0.550 e. The number of aromatic amines is 1. The van der Waals surface area contributed by atoms with Gasteiger partial charge in [-0.3, -0.25) is 5.32 Å². The van der Waals surface area contributed by atoms with Crippen molar-refractivity contribution in [3.63, 3.8) is 0 Å². The fourth-order valence-corrected chi connectivity index (χ4v) is 6.12. The number of para-hydroxylation sites is 1. The number of carboxylic acids is 2. The summed E-state index contributed by atoms with van der Waals surface area (Å²) in [5.74, 6) is 1.22. The lowest BCUT2D eigenvalue weighted by atomic mass is 9.89. The standard InChI is InChI=1S/C24H26N2O3.C23H25N3O3/c27-24(28)18-21(20-7-2-1-3-8-20)17-19-10-12-22(13-11-19)29-16-6-15-26-23-9-4-5-14-25-23;27-23(28)18-26(20-7-2-1-3-8-20)17-19-10-12-21(13-11-19)29-16-6-15-25-22-9-4-5-14-24-22/h1-5,7-14,21H,6,15-18H2,(H,25,26)(H,27,28);1-5,7-14H,6,15-18H2,(H,24,25)(H,27,28)/p-1. The summed E-state index contributed by atoms with van der Waals surface area (Å²) in [6, 6.07) is 46.4. The summed E-state index contributed by atoms with van der Waals surface area (Å²) < 4.78 is 11.6. The number of ether oxygens (including phenoxy) is 2. The van der Waals surface area contributed by atoms with Crippen molar-refractivity contribution < 1.29 is 34.3 Å². The zero-order chi connectivity index (χ0) is 40.6. The summed E-state index contributed by atoms with van der Waals surface area (Å²) in [5, 5.41) is 28.8. The van der Waals surface area contributed by atoms with Crippen molar-refractivity contribution in [1.82, 2.24) is 4.98 Å². The lowest BCUT2D eigenvalue weighted by Crippen LogP contribution is -2.37.